The summed E-state index contributed by atoms with van der Waals surface area (Å²) in [5.41, 5.74) is 2.75. The Kier molecular flexibility index (Phi) is 4.33. The van der Waals surface area contributed by atoms with Crippen molar-refractivity contribution in [2.24, 2.45) is 4.99 Å². The highest BCUT2D eigenvalue weighted by Gasteiger charge is 2.24. The third-order valence-electron chi connectivity index (χ3n) is 3.61. The highest BCUT2D eigenvalue weighted by molar-refractivity contribution is 6.13. The van der Waals surface area contributed by atoms with E-state index < -0.39 is 5.97 Å². The van der Waals surface area contributed by atoms with Gasteiger partial charge in [-0.25, -0.2) is 9.79 Å². The summed E-state index contributed by atoms with van der Waals surface area (Å²) in [6.07, 6.45) is 1.63. The highest BCUT2D eigenvalue weighted by Crippen LogP contribution is 2.28. The molecular weight excluding hydrogens is 306 g/mol. The van der Waals surface area contributed by atoms with Gasteiger partial charge in [0.05, 0.1) is 14.2 Å². The topological polar surface area (TPSA) is 57.1 Å². The second kappa shape index (κ2) is 6.58. The SMILES string of the molecule is COc1ccc(OC)c(/C=C2/N=C(c3cccc(C)c3)OC2=O)c1. The maximum absolute atomic E-state index is 12.1. The summed E-state index contributed by atoms with van der Waals surface area (Å²) in [5.74, 6) is 1.10. The van der Waals surface area contributed by atoms with E-state index >= 15 is 0 Å². The van der Waals surface area contributed by atoms with Gasteiger partial charge in [-0.05, 0) is 43.3 Å². The lowest BCUT2D eigenvalue weighted by Gasteiger charge is -2.07. The van der Waals surface area contributed by atoms with Crippen molar-refractivity contribution in [1.29, 1.82) is 0 Å². The van der Waals surface area contributed by atoms with Crippen LogP contribution in [0.25, 0.3) is 6.08 Å². The lowest BCUT2D eigenvalue weighted by Crippen LogP contribution is -2.05. The molecule has 0 aliphatic carbocycles. The molecule has 24 heavy (non-hydrogen) atoms. The number of carbonyl (C=O) groups excluding carboxylic acids is 1. The molecule has 0 spiro atoms. The molecule has 0 N–H and O–H groups in total. The zero-order chi connectivity index (χ0) is 17.1. The van der Waals surface area contributed by atoms with E-state index in [9.17, 15) is 4.79 Å². The number of esters is 1. The molecule has 0 bridgehead atoms. The minimum absolute atomic E-state index is 0.220. The molecule has 0 atom stereocenters. The molecule has 122 valence electrons. The van der Waals surface area contributed by atoms with E-state index in [0.29, 0.717) is 23.0 Å². The summed E-state index contributed by atoms with van der Waals surface area (Å²) in [7, 11) is 3.15. The van der Waals surface area contributed by atoms with Crippen LogP contribution < -0.4 is 9.47 Å². The average Bonchev–Trinajstić information content (AvgIpc) is 2.95. The number of carbonyl (C=O) groups is 1. The number of methoxy groups -OCH3 is 2. The minimum Gasteiger partial charge on any atom is -0.497 e. The van der Waals surface area contributed by atoms with Crippen molar-refractivity contribution < 1.29 is 19.0 Å². The van der Waals surface area contributed by atoms with Gasteiger partial charge in [0, 0.05) is 11.1 Å². The fraction of sp³-hybridized carbons (Fsp3) is 0.158. The van der Waals surface area contributed by atoms with Crippen LogP contribution in [0.4, 0.5) is 0 Å². The number of hydrogen-bond donors (Lipinski definition) is 0. The van der Waals surface area contributed by atoms with Gasteiger partial charge < -0.3 is 14.2 Å². The van der Waals surface area contributed by atoms with Gasteiger partial charge in [-0.3, -0.25) is 0 Å². The lowest BCUT2D eigenvalue weighted by atomic mass is 10.1. The zero-order valence-electron chi connectivity index (χ0n) is 13.7. The van der Waals surface area contributed by atoms with Crippen molar-refractivity contribution >= 4 is 17.9 Å². The summed E-state index contributed by atoms with van der Waals surface area (Å²) < 4.78 is 15.8. The zero-order valence-corrected chi connectivity index (χ0v) is 13.7. The summed E-state index contributed by atoms with van der Waals surface area (Å²) in [4.78, 5) is 16.4. The molecule has 3 rings (SSSR count). The molecule has 0 amide bonds. The predicted molar refractivity (Wildman–Crippen MR) is 91.3 cm³/mol. The fourth-order valence-electron chi connectivity index (χ4n) is 2.41. The van der Waals surface area contributed by atoms with Gasteiger partial charge in [0.1, 0.15) is 11.5 Å². The molecule has 2 aromatic carbocycles. The Bertz CT molecular complexity index is 852. The first-order valence-electron chi connectivity index (χ1n) is 7.42. The molecule has 0 saturated carbocycles. The number of cyclic esters (lactones) is 1. The molecule has 1 heterocycles. The fourth-order valence-corrected chi connectivity index (χ4v) is 2.41. The van der Waals surface area contributed by atoms with E-state index in [1.54, 1.807) is 38.5 Å². The molecule has 0 radical (unpaired) electrons. The van der Waals surface area contributed by atoms with Crippen molar-refractivity contribution in [3.63, 3.8) is 0 Å². The van der Waals surface area contributed by atoms with Crippen molar-refractivity contribution in [3.05, 3.63) is 64.9 Å². The standard InChI is InChI=1S/C19H17NO4/c1-12-5-4-6-13(9-12)18-20-16(19(21)24-18)11-14-10-15(22-2)7-8-17(14)23-3/h4-11H,1-3H3/b16-11+. The molecule has 2 aromatic rings. The van der Waals surface area contributed by atoms with Crippen LogP contribution in [0.2, 0.25) is 0 Å². The van der Waals surface area contributed by atoms with E-state index in [0.717, 1.165) is 11.1 Å². The van der Waals surface area contributed by atoms with E-state index in [1.807, 2.05) is 31.2 Å². The number of hydrogen-bond acceptors (Lipinski definition) is 5. The van der Waals surface area contributed by atoms with E-state index in [2.05, 4.69) is 4.99 Å². The Labute approximate surface area is 140 Å². The largest absolute Gasteiger partial charge is 0.497 e. The van der Waals surface area contributed by atoms with Crippen molar-refractivity contribution in [2.75, 3.05) is 14.2 Å². The first-order valence-corrected chi connectivity index (χ1v) is 7.42. The third kappa shape index (κ3) is 3.15. The highest BCUT2D eigenvalue weighted by atomic mass is 16.6. The van der Waals surface area contributed by atoms with Crippen LogP contribution in [0.1, 0.15) is 16.7 Å². The van der Waals surface area contributed by atoms with E-state index in [4.69, 9.17) is 14.2 Å². The molecule has 0 saturated heterocycles. The normalized spacial score (nSPS) is 15.2. The summed E-state index contributed by atoms with van der Waals surface area (Å²) >= 11 is 0. The molecule has 5 nitrogen and oxygen atoms in total. The van der Waals surface area contributed by atoms with Crippen LogP contribution in [0.3, 0.4) is 0 Å². The van der Waals surface area contributed by atoms with Crippen molar-refractivity contribution in [2.45, 2.75) is 6.92 Å². The second-order valence-corrected chi connectivity index (χ2v) is 5.31. The first kappa shape index (κ1) is 15.8. The molecule has 1 aliphatic rings. The maximum Gasteiger partial charge on any atom is 0.363 e. The molecule has 1 aliphatic heterocycles. The smallest absolute Gasteiger partial charge is 0.363 e. The summed E-state index contributed by atoms with van der Waals surface area (Å²) in [6.45, 7) is 1.97. The van der Waals surface area contributed by atoms with Crippen LogP contribution in [0.5, 0.6) is 11.5 Å². The maximum atomic E-state index is 12.1. The number of benzene rings is 2. The molecule has 0 unspecified atom stereocenters. The lowest BCUT2D eigenvalue weighted by molar-refractivity contribution is -0.129. The second-order valence-electron chi connectivity index (χ2n) is 5.31. The number of aryl methyl sites for hydroxylation is 1. The van der Waals surface area contributed by atoms with Crippen LogP contribution in [-0.2, 0) is 9.53 Å². The average molecular weight is 323 g/mol. The van der Waals surface area contributed by atoms with Gasteiger partial charge in [0.2, 0.25) is 5.90 Å². The Morgan fingerprint density at radius 1 is 1.08 bits per heavy atom. The monoisotopic (exact) mass is 323 g/mol. The number of nitrogens with zero attached hydrogens (tertiary/aromatic N) is 1. The quantitative estimate of drug-likeness (QED) is 0.639. The Morgan fingerprint density at radius 2 is 1.92 bits per heavy atom. The summed E-state index contributed by atoms with van der Waals surface area (Å²) in [5, 5.41) is 0. The Hall–Kier alpha value is -3.08. The third-order valence-corrected chi connectivity index (χ3v) is 3.61. The Morgan fingerprint density at radius 3 is 2.62 bits per heavy atom. The number of rotatable bonds is 4. The van der Waals surface area contributed by atoms with Crippen LogP contribution in [0, 0.1) is 6.92 Å². The van der Waals surface area contributed by atoms with Crippen molar-refractivity contribution in [3.8, 4) is 11.5 Å². The Balaban J connectivity index is 2.00. The first-order chi connectivity index (χ1) is 11.6. The van der Waals surface area contributed by atoms with E-state index in [1.165, 1.54) is 0 Å². The van der Waals surface area contributed by atoms with Crippen molar-refractivity contribution in [1.82, 2.24) is 0 Å². The van der Waals surface area contributed by atoms with Gasteiger partial charge in [0.15, 0.2) is 5.70 Å². The van der Waals surface area contributed by atoms with Gasteiger partial charge in [0.25, 0.3) is 0 Å². The minimum atomic E-state index is -0.489. The molecular formula is C19H17NO4. The molecule has 0 fully saturated rings. The predicted octanol–water partition coefficient (Wildman–Crippen LogP) is 3.36. The molecule has 5 heteroatoms. The molecule has 0 aromatic heterocycles. The number of aliphatic imine (C=N–C) groups is 1. The summed E-state index contributed by atoms with van der Waals surface area (Å²) in [6, 6.07) is 13.0. The van der Waals surface area contributed by atoms with Gasteiger partial charge in [-0.2, -0.15) is 0 Å². The van der Waals surface area contributed by atoms with Crippen LogP contribution in [0.15, 0.2) is 53.2 Å². The van der Waals surface area contributed by atoms with Gasteiger partial charge in [-0.1, -0.05) is 17.7 Å². The van der Waals surface area contributed by atoms with E-state index in [-0.39, 0.29) is 5.70 Å². The van der Waals surface area contributed by atoms with Gasteiger partial charge in [-0.15, -0.1) is 0 Å². The van der Waals surface area contributed by atoms with Crippen LogP contribution >= 0.6 is 0 Å². The van der Waals surface area contributed by atoms with Crippen LogP contribution in [-0.4, -0.2) is 26.1 Å². The number of ether oxygens (including phenoxy) is 3. The van der Waals surface area contributed by atoms with Gasteiger partial charge >= 0.3 is 5.97 Å².